The van der Waals surface area contributed by atoms with Gasteiger partial charge >= 0.3 is 5.97 Å². The van der Waals surface area contributed by atoms with Crippen molar-refractivity contribution in [1.29, 1.82) is 0 Å². The van der Waals surface area contributed by atoms with E-state index >= 15 is 0 Å². The third-order valence-electron chi connectivity index (χ3n) is 2.82. The minimum atomic E-state index is -0.903. The van der Waals surface area contributed by atoms with E-state index in [1.165, 1.54) is 0 Å². The van der Waals surface area contributed by atoms with E-state index in [0.29, 0.717) is 17.9 Å². The zero-order valence-electron chi connectivity index (χ0n) is 10.9. The predicted octanol–water partition coefficient (Wildman–Crippen LogP) is 2.43. The molecule has 5 heteroatoms. The number of rotatable bonds is 4. The third-order valence-corrected chi connectivity index (χ3v) is 2.82. The number of nitrogens with zero attached hydrogens (tertiary/aromatic N) is 3. The predicted molar refractivity (Wildman–Crippen MR) is 70.7 cm³/mol. The van der Waals surface area contributed by atoms with Crippen molar-refractivity contribution >= 4 is 5.97 Å². The van der Waals surface area contributed by atoms with Crippen LogP contribution in [0, 0.1) is 6.92 Å². The Morgan fingerprint density at radius 1 is 1.32 bits per heavy atom. The SMILES string of the molecule is CCC(C(=O)O)c1nc(C)cc(-c2ccccn2)n1. The summed E-state index contributed by atoms with van der Waals surface area (Å²) in [5.41, 5.74) is 2.11. The van der Waals surface area contributed by atoms with Gasteiger partial charge in [0, 0.05) is 11.9 Å². The maximum Gasteiger partial charge on any atom is 0.314 e. The zero-order chi connectivity index (χ0) is 13.8. The molecule has 0 saturated heterocycles. The number of aromatic nitrogens is 3. The minimum absolute atomic E-state index is 0.343. The molecule has 0 aromatic carbocycles. The van der Waals surface area contributed by atoms with Crippen LogP contribution in [-0.2, 0) is 4.79 Å². The lowest BCUT2D eigenvalue weighted by Gasteiger charge is -2.10. The van der Waals surface area contributed by atoms with Crippen LogP contribution in [-0.4, -0.2) is 26.0 Å². The average Bonchev–Trinajstić information content (AvgIpc) is 2.39. The molecule has 98 valence electrons. The highest BCUT2D eigenvalue weighted by atomic mass is 16.4. The smallest absolute Gasteiger partial charge is 0.314 e. The van der Waals surface area contributed by atoms with E-state index in [1.807, 2.05) is 32.0 Å². The van der Waals surface area contributed by atoms with Crippen LogP contribution in [0.25, 0.3) is 11.4 Å². The molecule has 2 rings (SSSR count). The summed E-state index contributed by atoms with van der Waals surface area (Å²) in [6.07, 6.45) is 2.14. The molecule has 0 fully saturated rings. The Balaban J connectivity index is 2.48. The van der Waals surface area contributed by atoms with Gasteiger partial charge in [-0.15, -0.1) is 0 Å². The molecule has 2 aromatic heterocycles. The van der Waals surface area contributed by atoms with Crippen LogP contribution in [0.2, 0.25) is 0 Å². The number of aryl methyl sites for hydroxylation is 1. The van der Waals surface area contributed by atoms with E-state index in [0.717, 1.165) is 11.4 Å². The molecular formula is C14H15N3O2. The van der Waals surface area contributed by atoms with E-state index in [9.17, 15) is 9.90 Å². The van der Waals surface area contributed by atoms with Crippen LogP contribution in [0.15, 0.2) is 30.5 Å². The van der Waals surface area contributed by atoms with Crippen molar-refractivity contribution in [3.63, 3.8) is 0 Å². The summed E-state index contributed by atoms with van der Waals surface area (Å²) in [5.74, 6) is -1.24. The average molecular weight is 257 g/mol. The van der Waals surface area contributed by atoms with Crippen molar-refractivity contribution in [2.45, 2.75) is 26.2 Å². The van der Waals surface area contributed by atoms with E-state index in [1.54, 1.807) is 12.3 Å². The van der Waals surface area contributed by atoms with E-state index in [-0.39, 0.29) is 0 Å². The van der Waals surface area contributed by atoms with E-state index < -0.39 is 11.9 Å². The molecule has 0 saturated carbocycles. The van der Waals surface area contributed by atoms with Gasteiger partial charge in [-0.1, -0.05) is 13.0 Å². The Morgan fingerprint density at radius 3 is 2.68 bits per heavy atom. The molecule has 0 radical (unpaired) electrons. The van der Waals surface area contributed by atoms with Crippen molar-refractivity contribution < 1.29 is 9.90 Å². The third kappa shape index (κ3) is 2.93. The molecule has 1 atom stereocenters. The van der Waals surface area contributed by atoms with Gasteiger partial charge in [0.1, 0.15) is 11.7 Å². The number of pyridine rings is 1. The Bertz CT molecular complexity index is 584. The molecule has 0 bridgehead atoms. The van der Waals surface area contributed by atoms with Gasteiger partial charge in [-0.3, -0.25) is 9.78 Å². The molecule has 0 spiro atoms. The normalized spacial score (nSPS) is 12.1. The lowest BCUT2D eigenvalue weighted by atomic mass is 10.1. The van der Waals surface area contributed by atoms with Crippen LogP contribution in [0.3, 0.4) is 0 Å². The first kappa shape index (κ1) is 13.1. The zero-order valence-corrected chi connectivity index (χ0v) is 10.9. The first-order chi connectivity index (χ1) is 9.11. The summed E-state index contributed by atoms with van der Waals surface area (Å²) in [4.78, 5) is 24.0. The number of carboxylic acid groups (broad SMARTS) is 1. The summed E-state index contributed by atoms with van der Waals surface area (Å²) in [6.45, 7) is 3.64. The molecule has 0 aliphatic carbocycles. The molecular weight excluding hydrogens is 242 g/mol. The Kier molecular flexibility index (Phi) is 3.85. The molecule has 0 aliphatic rings. The van der Waals surface area contributed by atoms with Crippen molar-refractivity contribution in [2.24, 2.45) is 0 Å². The van der Waals surface area contributed by atoms with Crippen LogP contribution in [0.1, 0.15) is 30.8 Å². The molecule has 19 heavy (non-hydrogen) atoms. The van der Waals surface area contributed by atoms with Gasteiger partial charge < -0.3 is 5.11 Å². The van der Waals surface area contributed by atoms with Crippen LogP contribution >= 0.6 is 0 Å². The van der Waals surface area contributed by atoms with Gasteiger partial charge in [0.15, 0.2) is 0 Å². The second kappa shape index (κ2) is 5.56. The quantitative estimate of drug-likeness (QED) is 0.910. The van der Waals surface area contributed by atoms with Gasteiger partial charge in [-0.05, 0) is 31.5 Å². The highest BCUT2D eigenvalue weighted by Crippen LogP contribution is 2.21. The van der Waals surface area contributed by atoms with E-state index in [4.69, 9.17) is 0 Å². The maximum absolute atomic E-state index is 11.2. The Labute approximate surface area is 111 Å². The monoisotopic (exact) mass is 257 g/mol. The van der Waals surface area contributed by atoms with Gasteiger partial charge in [0.05, 0.1) is 11.4 Å². The maximum atomic E-state index is 11.2. The lowest BCUT2D eigenvalue weighted by Crippen LogP contribution is -2.15. The van der Waals surface area contributed by atoms with Crippen molar-refractivity contribution in [1.82, 2.24) is 15.0 Å². The summed E-state index contributed by atoms with van der Waals surface area (Å²) in [7, 11) is 0. The van der Waals surface area contributed by atoms with Crippen molar-refractivity contribution in [2.75, 3.05) is 0 Å². The van der Waals surface area contributed by atoms with Gasteiger partial charge in [-0.2, -0.15) is 0 Å². The number of carboxylic acids is 1. The summed E-state index contributed by atoms with van der Waals surface area (Å²) in [5, 5.41) is 9.18. The number of aliphatic carboxylic acids is 1. The molecule has 0 aliphatic heterocycles. The fourth-order valence-corrected chi connectivity index (χ4v) is 1.86. The van der Waals surface area contributed by atoms with Gasteiger partial charge in [-0.25, -0.2) is 9.97 Å². The van der Waals surface area contributed by atoms with Crippen molar-refractivity contribution in [3.8, 4) is 11.4 Å². The highest BCUT2D eigenvalue weighted by Gasteiger charge is 2.21. The molecule has 5 nitrogen and oxygen atoms in total. The topological polar surface area (TPSA) is 76.0 Å². The fraction of sp³-hybridized carbons (Fsp3) is 0.286. The second-order valence-electron chi connectivity index (χ2n) is 4.27. The van der Waals surface area contributed by atoms with Gasteiger partial charge in [0.25, 0.3) is 0 Å². The van der Waals surface area contributed by atoms with Gasteiger partial charge in [0.2, 0.25) is 0 Å². The largest absolute Gasteiger partial charge is 0.481 e. The first-order valence-corrected chi connectivity index (χ1v) is 6.11. The van der Waals surface area contributed by atoms with E-state index in [2.05, 4.69) is 15.0 Å². The van der Waals surface area contributed by atoms with Crippen molar-refractivity contribution in [3.05, 3.63) is 42.0 Å². The lowest BCUT2D eigenvalue weighted by molar-refractivity contribution is -0.139. The van der Waals surface area contributed by atoms with Crippen LogP contribution in [0.5, 0.6) is 0 Å². The summed E-state index contributed by atoms with van der Waals surface area (Å²) in [6, 6.07) is 7.34. The molecule has 2 aromatic rings. The second-order valence-corrected chi connectivity index (χ2v) is 4.27. The molecule has 2 heterocycles. The Hall–Kier alpha value is -2.30. The fourth-order valence-electron chi connectivity index (χ4n) is 1.86. The summed E-state index contributed by atoms with van der Waals surface area (Å²) < 4.78 is 0. The Morgan fingerprint density at radius 2 is 2.11 bits per heavy atom. The minimum Gasteiger partial charge on any atom is -0.481 e. The first-order valence-electron chi connectivity index (χ1n) is 6.11. The van der Waals surface area contributed by atoms with Crippen LogP contribution in [0.4, 0.5) is 0 Å². The molecule has 1 unspecified atom stereocenters. The molecule has 0 amide bonds. The van der Waals surface area contributed by atoms with Crippen LogP contribution < -0.4 is 0 Å². The summed E-state index contributed by atoms with van der Waals surface area (Å²) >= 11 is 0. The number of hydrogen-bond acceptors (Lipinski definition) is 4. The standard InChI is InChI=1S/C14H15N3O2/c1-3-10(14(18)19)13-16-9(2)8-12(17-13)11-6-4-5-7-15-11/h4-8,10H,3H2,1-2H3,(H,18,19). The molecule has 1 N–H and O–H groups in total. The number of carbonyl (C=O) groups is 1. The highest BCUT2D eigenvalue weighted by molar-refractivity contribution is 5.75. The number of hydrogen-bond donors (Lipinski definition) is 1.